The highest BCUT2D eigenvalue weighted by atomic mass is 32.1. The first-order valence-corrected chi connectivity index (χ1v) is 6.17. The molecule has 0 radical (unpaired) electrons. The number of aromatic nitrogens is 4. The van der Waals surface area contributed by atoms with Crippen LogP contribution >= 0.6 is 12.2 Å². The van der Waals surface area contributed by atoms with Gasteiger partial charge in [-0.1, -0.05) is 6.92 Å². The Morgan fingerprint density at radius 2 is 2.17 bits per heavy atom. The number of H-pyrrole nitrogens is 1. The Hall–Kier alpha value is -1.53. The quantitative estimate of drug-likeness (QED) is 0.842. The molecule has 5 nitrogen and oxygen atoms in total. The van der Waals surface area contributed by atoms with Gasteiger partial charge in [-0.15, -0.1) is 0 Å². The van der Waals surface area contributed by atoms with Crippen molar-refractivity contribution in [1.29, 1.82) is 0 Å². The van der Waals surface area contributed by atoms with Crippen molar-refractivity contribution in [2.75, 3.05) is 13.7 Å². The second-order valence-corrected chi connectivity index (χ2v) is 4.65. The lowest BCUT2D eigenvalue weighted by Crippen LogP contribution is -2.13. The standard InChI is InChI=1S/C12H16N4OS/c1-9(8-17-2)7-16-11(14-15-12(16)18)10-3-5-13-6-4-10/h3-6,9H,7-8H2,1-2H3,(H,15,18). The van der Waals surface area contributed by atoms with Gasteiger partial charge in [0.25, 0.3) is 0 Å². The fraction of sp³-hybridized carbons (Fsp3) is 0.417. The summed E-state index contributed by atoms with van der Waals surface area (Å²) >= 11 is 5.26. The van der Waals surface area contributed by atoms with E-state index in [-0.39, 0.29) is 0 Å². The van der Waals surface area contributed by atoms with Gasteiger partial charge in [0.1, 0.15) is 0 Å². The average Bonchev–Trinajstić information content (AvgIpc) is 2.73. The van der Waals surface area contributed by atoms with Gasteiger partial charge in [0, 0.05) is 31.6 Å². The van der Waals surface area contributed by atoms with Gasteiger partial charge < -0.3 is 4.74 Å². The van der Waals surface area contributed by atoms with Gasteiger partial charge in [0.15, 0.2) is 10.6 Å². The van der Waals surface area contributed by atoms with Gasteiger partial charge >= 0.3 is 0 Å². The first kappa shape index (κ1) is 12.9. The molecule has 2 heterocycles. The lowest BCUT2D eigenvalue weighted by Gasteiger charge is -2.12. The van der Waals surface area contributed by atoms with Gasteiger partial charge in [-0.05, 0) is 30.3 Å². The Bertz CT molecular complexity index is 549. The number of pyridine rings is 1. The molecule has 2 aromatic rings. The summed E-state index contributed by atoms with van der Waals surface area (Å²) in [5.41, 5.74) is 1.00. The molecule has 96 valence electrons. The molecule has 0 saturated heterocycles. The Balaban J connectivity index is 2.31. The largest absolute Gasteiger partial charge is 0.384 e. The van der Waals surface area contributed by atoms with Crippen LogP contribution < -0.4 is 0 Å². The van der Waals surface area contributed by atoms with Crippen LogP contribution in [0, 0.1) is 10.7 Å². The fourth-order valence-corrected chi connectivity index (χ4v) is 2.06. The van der Waals surface area contributed by atoms with Gasteiger partial charge in [0.2, 0.25) is 0 Å². The van der Waals surface area contributed by atoms with Crippen LogP contribution in [-0.2, 0) is 11.3 Å². The SMILES string of the molecule is COCC(C)Cn1c(-c2ccncc2)n[nH]c1=S. The molecule has 1 unspecified atom stereocenters. The number of ether oxygens (including phenoxy) is 1. The maximum Gasteiger partial charge on any atom is 0.195 e. The molecule has 0 aliphatic carbocycles. The molecule has 2 aromatic heterocycles. The number of aromatic amines is 1. The van der Waals surface area contributed by atoms with Crippen LogP contribution in [0.3, 0.4) is 0 Å². The number of nitrogens with one attached hydrogen (secondary N) is 1. The fourth-order valence-electron chi connectivity index (χ4n) is 1.86. The van der Waals surface area contributed by atoms with Crippen LogP contribution in [0.1, 0.15) is 6.92 Å². The predicted octanol–water partition coefficient (Wildman–Crippen LogP) is 2.29. The Kier molecular flexibility index (Phi) is 4.22. The smallest absolute Gasteiger partial charge is 0.195 e. The molecule has 0 bridgehead atoms. The maximum atomic E-state index is 5.26. The third kappa shape index (κ3) is 2.83. The molecular formula is C12H16N4OS. The van der Waals surface area contributed by atoms with E-state index in [1.165, 1.54) is 0 Å². The molecule has 0 aromatic carbocycles. The van der Waals surface area contributed by atoms with Gasteiger partial charge in [-0.2, -0.15) is 5.10 Å². The molecule has 18 heavy (non-hydrogen) atoms. The van der Waals surface area contributed by atoms with Crippen LogP contribution in [-0.4, -0.2) is 33.5 Å². The summed E-state index contributed by atoms with van der Waals surface area (Å²) in [7, 11) is 1.70. The summed E-state index contributed by atoms with van der Waals surface area (Å²) in [4.78, 5) is 4.00. The molecule has 2 rings (SSSR count). The highest BCUT2D eigenvalue weighted by Gasteiger charge is 2.11. The minimum absolute atomic E-state index is 0.375. The summed E-state index contributed by atoms with van der Waals surface area (Å²) in [5, 5.41) is 7.11. The third-order valence-electron chi connectivity index (χ3n) is 2.64. The van der Waals surface area contributed by atoms with Crippen molar-refractivity contribution in [2.45, 2.75) is 13.5 Å². The lowest BCUT2D eigenvalue weighted by molar-refractivity contribution is 0.151. The summed E-state index contributed by atoms with van der Waals surface area (Å²) in [6, 6.07) is 3.84. The monoisotopic (exact) mass is 264 g/mol. The molecule has 1 N–H and O–H groups in total. The summed E-state index contributed by atoms with van der Waals surface area (Å²) < 4.78 is 7.77. The average molecular weight is 264 g/mol. The highest BCUT2D eigenvalue weighted by Crippen LogP contribution is 2.17. The Morgan fingerprint density at radius 1 is 1.44 bits per heavy atom. The van der Waals surface area contributed by atoms with Crippen molar-refractivity contribution >= 4 is 12.2 Å². The third-order valence-corrected chi connectivity index (χ3v) is 2.95. The summed E-state index contributed by atoms with van der Waals surface area (Å²) in [5.74, 6) is 1.21. The van der Waals surface area contributed by atoms with Crippen molar-refractivity contribution < 1.29 is 4.74 Å². The molecular weight excluding hydrogens is 248 g/mol. The summed E-state index contributed by atoms with van der Waals surface area (Å²) in [6.07, 6.45) is 3.49. The molecule has 6 heteroatoms. The molecule has 0 amide bonds. The maximum absolute atomic E-state index is 5.26. The first-order valence-electron chi connectivity index (χ1n) is 5.77. The van der Waals surface area contributed by atoms with E-state index in [0.29, 0.717) is 17.3 Å². The molecule has 1 atom stereocenters. The van der Waals surface area contributed by atoms with Gasteiger partial charge in [0.05, 0.1) is 6.61 Å². The normalized spacial score (nSPS) is 12.6. The van der Waals surface area contributed by atoms with Crippen molar-refractivity contribution in [2.24, 2.45) is 5.92 Å². The zero-order valence-corrected chi connectivity index (χ0v) is 11.3. The minimum Gasteiger partial charge on any atom is -0.384 e. The van der Waals surface area contributed by atoms with Crippen molar-refractivity contribution in [3.8, 4) is 11.4 Å². The van der Waals surface area contributed by atoms with E-state index in [0.717, 1.165) is 17.9 Å². The zero-order chi connectivity index (χ0) is 13.0. The van der Waals surface area contributed by atoms with Crippen LogP contribution in [0.25, 0.3) is 11.4 Å². The number of hydrogen-bond donors (Lipinski definition) is 1. The van der Waals surface area contributed by atoms with Crippen LogP contribution in [0.15, 0.2) is 24.5 Å². The number of rotatable bonds is 5. The second-order valence-electron chi connectivity index (χ2n) is 4.26. The molecule has 0 aliphatic rings. The first-order chi connectivity index (χ1) is 8.72. The van der Waals surface area contributed by atoms with E-state index in [1.54, 1.807) is 19.5 Å². The van der Waals surface area contributed by atoms with E-state index in [4.69, 9.17) is 17.0 Å². The Morgan fingerprint density at radius 3 is 2.83 bits per heavy atom. The van der Waals surface area contributed by atoms with E-state index in [1.807, 2.05) is 16.7 Å². The highest BCUT2D eigenvalue weighted by molar-refractivity contribution is 7.71. The van der Waals surface area contributed by atoms with E-state index in [2.05, 4.69) is 22.1 Å². The Labute approximate surface area is 111 Å². The van der Waals surface area contributed by atoms with Crippen LogP contribution in [0.4, 0.5) is 0 Å². The number of hydrogen-bond acceptors (Lipinski definition) is 4. The van der Waals surface area contributed by atoms with E-state index < -0.39 is 0 Å². The lowest BCUT2D eigenvalue weighted by atomic mass is 10.2. The molecule has 0 aliphatic heterocycles. The second kappa shape index (κ2) is 5.88. The van der Waals surface area contributed by atoms with Gasteiger partial charge in [-0.3, -0.25) is 14.6 Å². The van der Waals surface area contributed by atoms with Crippen molar-refractivity contribution in [3.05, 3.63) is 29.3 Å². The summed E-state index contributed by atoms with van der Waals surface area (Å²) in [6.45, 7) is 3.60. The molecule has 0 saturated carbocycles. The van der Waals surface area contributed by atoms with E-state index >= 15 is 0 Å². The van der Waals surface area contributed by atoms with Crippen LogP contribution in [0.2, 0.25) is 0 Å². The predicted molar refractivity (Wildman–Crippen MR) is 71.7 cm³/mol. The minimum atomic E-state index is 0.375. The molecule has 0 spiro atoms. The van der Waals surface area contributed by atoms with E-state index in [9.17, 15) is 0 Å². The topological polar surface area (TPSA) is 55.7 Å². The number of methoxy groups -OCH3 is 1. The molecule has 0 fully saturated rings. The number of nitrogens with zero attached hydrogens (tertiary/aromatic N) is 3. The van der Waals surface area contributed by atoms with Crippen molar-refractivity contribution in [3.63, 3.8) is 0 Å². The zero-order valence-electron chi connectivity index (χ0n) is 10.5. The van der Waals surface area contributed by atoms with Gasteiger partial charge in [-0.25, -0.2) is 0 Å². The van der Waals surface area contributed by atoms with Crippen LogP contribution in [0.5, 0.6) is 0 Å². The van der Waals surface area contributed by atoms with Crippen molar-refractivity contribution in [1.82, 2.24) is 19.7 Å².